The van der Waals surface area contributed by atoms with Gasteiger partial charge in [-0.1, -0.05) is 29.3 Å². The van der Waals surface area contributed by atoms with Gasteiger partial charge in [0.05, 0.1) is 9.50 Å². The number of benzene rings is 2. The lowest BCUT2D eigenvalue weighted by Gasteiger charge is -2.14. The molecule has 0 aromatic heterocycles. The summed E-state index contributed by atoms with van der Waals surface area (Å²) in [5, 5.41) is 4.26. The molecule has 1 N–H and O–H groups in total. The molecule has 1 atom stereocenters. The molecule has 20 heavy (non-hydrogen) atoms. The molecular weight excluding hydrogens is 361 g/mol. The van der Waals surface area contributed by atoms with Crippen molar-refractivity contribution >= 4 is 39.1 Å². The molecule has 0 fully saturated rings. The van der Waals surface area contributed by atoms with Crippen LogP contribution >= 0.6 is 39.1 Å². The second kappa shape index (κ2) is 6.81. The molecule has 106 valence electrons. The quantitative estimate of drug-likeness (QED) is 0.726. The number of hydrogen-bond donors (Lipinski definition) is 1. The molecule has 0 amide bonds. The van der Waals surface area contributed by atoms with Crippen LogP contribution in [0.25, 0.3) is 0 Å². The van der Waals surface area contributed by atoms with Gasteiger partial charge in [0.2, 0.25) is 0 Å². The van der Waals surface area contributed by atoms with Crippen LogP contribution in [0.15, 0.2) is 40.9 Å². The van der Waals surface area contributed by atoms with E-state index < -0.39 is 0 Å². The van der Waals surface area contributed by atoms with Gasteiger partial charge in [0.25, 0.3) is 0 Å². The van der Waals surface area contributed by atoms with E-state index in [0.717, 1.165) is 4.47 Å². The van der Waals surface area contributed by atoms with Crippen molar-refractivity contribution in [3.8, 4) is 11.5 Å². The lowest BCUT2D eigenvalue weighted by molar-refractivity contribution is 0.479. The third-order valence-electron chi connectivity index (χ3n) is 3.00. The summed E-state index contributed by atoms with van der Waals surface area (Å²) in [6.07, 6.45) is 0. The van der Waals surface area contributed by atoms with E-state index in [-0.39, 0.29) is 6.04 Å². The fraction of sp³-hybridized carbons (Fsp3) is 0.200. The van der Waals surface area contributed by atoms with E-state index in [4.69, 9.17) is 27.9 Å². The van der Waals surface area contributed by atoms with Gasteiger partial charge in [-0.25, -0.2) is 0 Å². The molecule has 0 saturated carbocycles. The van der Waals surface area contributed by atoms with Crippen LogP contribution in [0.5, 0.6) is 11.5 Å². The zero-order chi connectivity index (χ0) is 14.7. The molecule has 0 radical (unpaired) electrons. The molecule has 2 aromatic rings. The smallest absolute Gasteiger partial charge is 0.146 e. The number of rotatable bonds is 4. The summed E-state index contributed by atoms with van der Waals surface area (Å²) in [6.45, 7) is 2.10. The molecule has 0 aliphatic heterocycles. The fourth-order valence-electron chi connectivity index (χ4n) is 1.71. The maximum Gasteiger partial charge on any atom is 0.146 e. The SMILES string of the molecule is CNC(C)c1ccc(Oc2ccc(Cl)cc2Cl)c(Br)c1. The molecule has 1 unspecified atom stereocenters. The zero-order valence-electron chi connectivity index (χ0n) is 11.1. The first kappa shape index (κ1) is 15.6. The summed E-state index contributed by atoms with van der Waals surface area (Å²) in [6, 6.07) is 11.4. The first-order chi connectivity index (χ1) is 9.51. The van der Waals surface area contributed by atoms with Gasteiger partial charge in [-0.3, -0.25) is 0 Å². The highest BCUT2D eigenvalue weighted by Crippen LogP contribution is 2.36. The summed E-state index contributed by atoms with van der Waals surface area (Å²) >= 11 is 15.5. The average Bonchev–Trinajstić information content (AvgIpc) is 2.42. The van der Waals surface area contributed by atoms with Gasteiger partial charge in [-0.05, 0) is 65.8 Å². The van der Waals surface area contributed by atoms with Gasteiger partial charge in [0.1, 0.15) is 11.5 Å². The highest BCUT2D eigenvalue weighted by molar-refractivity contribution is 9.10. The Morgan fingerprint density at radius 3 is 2.40 bits per heavy atom. The molecule has 0 heterocycles. The lowest BCUT2D eigenvalue weighted by Crippen LogP contribution is -2.12. The normalized spacial score (nSPS) is 12.2. The van der Waals surface area contributed by atoms with Crippen molar-refractivity contribution in [3.63, 3.8) is 0 Å². The van der Waals surface area contributed by atoms with Crippen LogP contribution < -0.4 is 10.1 Å². The minimum absolute atomic E-state index is 0.277. The summed E-state index contributed by atoms with van der Waals surface area (Å²) in [5.74, 6) is 1.28. The van der Waals surface area contributed by atoms with Gasteiger partial charge >= 0.3 is 0 Å². The third-order valence-corrected chi connectivity index (χ3v) is 4.15. The van der Waals surface area contributed by atoms with Crippen LogP contribution in [0.2, 0.25) is 10.0 Å². The maximum absolute atomic E-state index is 6.10. The van der Waals surface area contributed by atoms with Crippen molar-refractivity contribution in [2.45, 2.75) is 13.0 Å². The number of nitrogens with one attached hydrogen (secondary N) is 1. The van der Waals surface area contributed by atoms with Crippen molar-refractivity contribution in [3.05, 3.63) is 56.5 Å². The molecule has 0 saturated heterocycles. The Hall–Kier alpha value is -0.740. The molecular formula is C15H14BrCl2NO. The van der Waals surface area contributed by atoms with Crippen LogP contribution in [-0.2, 0) is 0 Å². The molecule has 5 heteroatoms. The summed E-state index contributed by atoms with van der Waals surface area (Å²) in [4.78, 5) is 0. The van der Waals surface area contributed by atoms with Gasteiger partial charge in [0, 0.05) is 11.1 Å². The third kappa shape index (κ3) is 3.67. The van der Waals surface area contributed by atoms with Gasteiger partial charge in [0.15, 0.2) is 0 Å². The number of hydrogen-bond acceptors (Lipinski definition) is 2. The van der Waals surface area contributed by atoms with Crippen LogP contribution in [0, 0.1) is 0 Å². The van der Waals surface area contributed by atoms with Crippen molar-refractivity contribution in [1.29, 1.82) is 0 Å². The predicted molar refractivity (Wildman–Crippen MR) is 88.2 cm³/mol. The second-order valence-electron chi connectivity index (χ2n) is 4.38. The summed E-state index contributed by atoms with van der Waals surface area (Å²) in [7, 11) is 1.93. The van der Waals surface area contributed by atoms with Gasteiger partial charge in [-0.2, -0.15) is 0 Å². The Labute approximate surface area is 137 Å². The van der Waals surface area contributed by atoms with E-state index in [1.165, 1.54) is 5.56 Å². The van der Waals surface area contributed by atoms with Crippen LogP contribution in [-0.4, -0.2) is 7.05 Å². The van der Waals surface area contributed by atoms with Crippen molar-refractivity contribution < 1.29 is 4.74 Å². The Morgan fingerprint density at radius 1 is 1.10 bits per heavy atom. The first-order valence-electron chi connectivity index (χ1n) is 6.11. The summed E-state index contributed by atoms with van der Waals surface area (Å²) < 4.78 is 6.68. The Morgan fingerprint density at radius 2 is 1.80 bits per heavy atom. The molecule has 0 aliphatic rings. The standard InChI is InChI=1S/C15H14BrCl2NO/c1-9(19-2)10-3-5-14(12(16)7-10)20-15-6-4-11(17)8-13(15)18/h3-9,19H,1-2H3. The van der Waals surface area contributed by atoms with E-state index in [1.54, 1.807) is 18.2 Å². The zero-order valence-corrected chi connectivity index (χ0v) is 14.2. The van der Waals surface area contributed by atoms with E-state index in [0.29, 0.717) is 21.5 Å². The lowest BCUT2D eigenvalue weighted by atomic mass is 10.1. The molecule has 0 aliphatic carbocycles. The number of ether oxygens (including phenoxy) is 1. The van der Waals surface area contributed by atoms with Crippen molar-refractivity contribution in [2.24, 2.45) is 0 Å². The largest absolute Gasteiger partial charge is 0.455 e. The molecule has 2 rings (SSSR count). The summed E-state index contributed by atoms with van der Waals surface area (Å²) in [5.41, 5.74) is 1.17. The topological polar surface area (TPSA) is 21.3 Å². The predicted octanol–water partition coefficient (Wildman–Crippen LogP) is 5.83. The highest BCUT2D eigenvalue weighted by atomic mass is 79.9. The van der Waals surface area contributed by atoms with Crippen molar-refractivity contribution in [2.75, 3.05) is 7.05 Å². The fourth-order valence-corrected chi connectivity index (χ4v) is 2.64. The minimum atomic E-state index is 0.277. The van der Waals surface area contributed by atoms with E-state index in [2.05, 4.69) is 28.2 Å². The highest BCUT2D eigenvalue weighted by Gasteiger charge is 2.10. The van der Waals surface area contributed by atoms with Crippen LogP contribution in [0.1, 0.15) is 18.5 Å². The number of halogens is 3. The second-order valence-corrected chi connectivity index (χ2v) is 6.08. The molecule has 0 bridgehead atoms. The van der Waals surface area contributed by atoms with E-state index >= 15 is 0 Å². The maximum atomic E-state index is 6.10. The van der Waals surface area contributed by atoms with Gasteiger partial charge < -0.3 is 10.1 Å². The Kier molecular flexibility index (Phi) is 5.33. The Balaban J connectivity index is 2.25. The molecule has 2 aromatic carbocycles. The minimum Gasteiger partial charge on any atom is -0.455 e. The Bertz CT molecular complexity index is 619. The molecule has 0 spiro atoms. The monoisotopic (exact) mass is 373 g/mol. The van der Waals surface area contributed by atoms with Crippen LogP contribution in [0.3, 0.4) is 0 Å². The van der Waals surface area contributed by atoms with E-state index in [9.17, 15) is 0 Å². The van der Waals surface area contributed by atoms with Crippen LogP contribution in [0.4, 0.5) is 0 Å². The van der Waals surface area contributed by atoms with Gasteiger partial charge in [-0.15, -0.1) is 0 Å². The molecule has 2 nitrogen and oxygen atoms in total. The van der Waals surface area contributed by atoms with Crippen molar-refractivity contribution in [1.82, 2.24) is 5.32 Å². The average molecular weight is 375 g/mol. The first-order valence-corrected chi connectivity index (χ1v) is 7.65. The van der Waals surface area contributed by atoms with E-state index in [1.807, 2.05) is 25.2 Å².